The fraction of sp³-hybridized carbons (Fsp3) is 0.391. The van der Waals surface area contributed by atoms with E-state index in [-0.39, 0.29) is 24.5 Å². The van der Waals surface area contributed by atoms with E-state index in [0.717, 1.165) is 36.4 Å². The molecule has 7 heteroatoms. The van der Waals surface area contributed by atoms with Gasteiger partial charge in [-0.05, 0) is 56.6 Å². The van der Waals surface area contributed by atoms with Gasteiger partial charge in [0, 0.05) is 23.4 Å². The monoisotopic (exact) mass is 412 g/mol. The van der Waals surface area contributed by atoms with Crippen LogP contribution in [0.3, 0.4) is 0 Å². The van der Waals surface area contributed by atoms with Crippen molar-refractivity contribution in [1.29, 1.82) is 0 Å². The third-order valence-electron chi connectivity index (χ3n) is 5.19. The molecular formula is C23H28N2O5. The van der Waals surface area contributed by atoms with E-state index >= 15 is 0 Å². The molecule has 1 atom stereocenters. The van der Waals surface area contributed by atoms with Gasteiger partial charge in [-0.15, -0.1) is 0 Å². The van der Waals surface area contributed by atoms with Crippen LogP contribution in [0, 0.1) is 0 Å². The molecule has 0 spiro atoms. The second-order valence-electron chi connectivity index (χ2n) is 7.08. The minimum absolute atomic E-state index is 0.0988. The molecule has 1 saturated heterocycles. The van der Waals surface area contributed by atoms with Gasteiger partial charge >= 0.3 is 5.97 Å². The molecule has 0 aromatic heterocycles. The van der Waals surface area contributed by atoms with Gasteiger partial charge in [-0.3, -0.25) is 9.69 Å². The fourth-order valence-electron chi connectivity index (χ4n) is 3.75. The zero-order valence-electron chi connectivity index (χ0n) is 17.6. The largest absolute Gasteiger partial charge is 0.497 e. The summed E-state index contributed by atoms with van der Waals surface area (Å²) in [6.45, 7) is 3.21. The third-order valence-corrected chi connectivity index (χ3v) is 5.19. The van der Waals surface area contributed by atoms with E-state index in [9.17, 15) is 9.59 Å². The van der Waals surface area contributed by atoms with Gasteiger partial charge in [-0.1, -0.05) is 6.07 Å². The predicted molar refractivity (Wildman–Crippen MR) is 114 cm³/mol. The molecule has 30 heavy (non-hydrogen) atoms. The molecule has 2 aromatic carbocycles. The van der Waals surface area contributed by atoms with E-state index in [1.807, 2.05) is 18.2 Å². The van der Waals surface area contributed by atoms with Crippen molar-refractivity contribution >= 4 is 17.6 Å². The van der Waals surface area contributed by atoms with Crippen molar-refractivity contribution in [3.05, 3.63) is 53.6 Å². The van der Waals surface area contributed by atoms with Gasteiger partial charge in [0.25, 0.3) is 0 Å². The number of carbonyl (C=O) groups is 2. The van der Waals surface area contributed by atoms with E-state index in [1.165, 1.54) is 0 Å². The minimum atomic E-state index is -0.372. The smallest absolute Gasteiger partial charge is 0.338 e. The molecule has 0 aliphatic carbocycles. The lowest BCUT2D eigenvalue weighted by molar-refractivity contribution is -0.117. The topological polar surface area (TPSA) is 77.1 Å². The lowest BCUT2D eigenvalue weighted by Crippen LogP contribution is -2.33. The lowest BCUT2D eigenvalue weighted by Gasteiger charge is -2.26. The number of anilines is 1. The number of carbonyl (C=O) groups excluding carboxylic acids is 2. The molecule has 1 aliphatic rings. The van der Waals surface area contributed by atoms with E-state index in [2.05, 4.69) is 10.2 Å². The molecule has 7 nitrogen and oxygen atoms in total. The predicted octanol–water partition coefficient (Wildman–Crippen LogP) is 3.66. The Morgan fingerprint density at radius 2 is 1.87 bits per heavy atom. The molecule has 1 N–H and O–H groups in total. The molecule has 0 radical (unpaired) electrons. The molecule has 2 aromatic rings. The van der Waals surface area contributed by atoms with Crippen LogP contribution in [-0.2, 0) is 9.53 Å². The summed E-state index contributed by atoms with van der Waals surface area (Å²) in [4.78, 5) is 26.5. The molecule has 0 unspecified atom stereocenters. The van der Waals surface area contributed by atoms with Crippen LogP contribution in [0.1, 0.15) is 41.7 Å². The Morgan fingerprint density at radius 1 is 1.10 bits per heavy atom. The minimum Gasteiger partial charge on any atom is -0.497 e. The number of benzene rings is 2. The van der Waals surface area contributed by atoms with Crippen molar-refractivity contribution in [3.63, 3.8) is 0 Å². The number of hydrogen-bond acceptors (Lipinski definition) is 6. The summed E-state index contributed by atoms with van der Waals surface area (Å²) < 4.78 is 15.8. The van der Waals surface area contributed by atoms with E-state index in [4.69, 9.17) is 14.2 Å². The Balaban J connectivity index is 1.64. The highest BCUT2D eigenvalue weighted by molar-refractivity contribution is 5.94. The van der Waals surface area contributed by atoms with Crippen molar-refractivity contribution in [3.8, 4) is 11.5 Å². The maximum absolute atomic E-state index is 12.6. The van der Waals surface area contributed by atoms with Crippen molar-refractivity contribution in [2.75, 3.05) is 39.2 Å². The van der Waals surface area contributed by atoms with Crippen LogP contribution in [0.25, 0.3) is 0 Å². The Bertz CT molecular complexity index is 882. The maximum atomic E-state index is 12.6. The Labute approximate surface area is 176 Å². The van der Waals surface area contributed by atoms with Gasteiger partial charge in [0.2, 0.25) is 5.91 Å². The summed E-state index contributed by atoms with van der Waals surface area (Å²) in [7, 11) is 3.27. The Morgan fingerprint density at radius 3 is 2.53 bits per heavy atom. The number of esters is 1. The highest BCUT2D eigenvalue weighted by Gasteiger charge is 2.30. The summed E-state index contributed by atoms with van der Waals surface area (Å²) in [5.74, 6) is 1.03. The number of methoxy groups -OCH3 is 2. The quantitative estimate of drug-likeness (QED) is 0.667. The van der Waals surface area contributed by atoms with Gasteiger partial charge in [-0.25, -0.2) is 4.79 Å². The van der Waals surface area contributed by atoms with Crippen molar-refractivity contribution in [2.45, 2.75) is 25.8 Å². The molecule has 0 bridgehead atoms. The number of nitrogens with one attached hydrogen (secondary N) is 1. The first-order valence-electron chi connectivity index (χ1n) is 10.1. The Hall–Kier alpha value is -3.06. The van der Waals surface area contributed by atoms with Crippen LogP contribution in [0.2, 0.25) is 0 Å². The first kappa shape index (κ1) is 21.6. The summed E-state index contributed by atoms with van der Waals surface area (Å²) in [6, 6.07) is 12.6. The van der Waals surface area contributed by atoms with Gasteiger partial charge in [0.1, 0.15) is 11.5 Å². The number of nitrogens with zero attached hydrogens (tertiary/aromatic N) is 1. The van der Waals surface area contributed by atoms with Gasteiger partial charge in [-0.2, -0.15) is 0 Å². The summed E-state index contributed by atoms with van der Waals surface area (Å²) >= 11 is 0. The number of rotatable bonds is 8. The normalized spacial score (nSPS) is 16.2. The highest BCUT2D eigenvalue weighted by Crippen LogP contribution is 2.38. The zero-order valence-corrected chi connectivity index (χ0v) is 17.6. The van der Waals surface area contributed by atoms with Crippen LogP contribution >= 0.6 is 0 Å². The van der Waals surface area contributed by atoms with Crippen LogP contribution in [0.15, 0.2) is 42.5 Å². The first-order valence-corrected chi connectivity index (χ1v) is 10.1. The van der Waals surface area contributed by atoms with Crippen molar-refractivity contribution in [1.82, 2.24) is 4.90 Å². The number of ether oxygens (including phenoxy) is 3. The lowest BCUT2D eigenvalue weighted by atomic mass is 10.0. The fourth-order valence-corrected chi connectivity index (χ4v) is 3.75. The summed E-state index contributed by atoms with van der Waals surface area (Å²) in [6.07, 6.45) is 1.98. The van der Waals surface area contributed by atoms with E-state index in [0.29, 0.717) is 17.9 Å². The van der Waals surface area contributed by atoms with E-state index in [1.54, 1.807) is 45.4 Å². The van der Waals surface area contributed by atoms with Crippen LogP contribution in [-0.4, -0.2) is 50.7 Å². The molecular weight excluding hydrogens is 384 g/mol. The molecule has 1 amide bonds. The summed E-state index contributed by atoms with van der Waals surface area (Å²) in [5.41, 5.74) is 2.16. The molecule has 3 rings (SSSR count). The average molecular weight is 412 g/mol. The first-order chi connectivity index (χ1) is 14.5. The molecule has 0 saturated carbocycles. The average Bonchev–Trinajstić information content (AvgIpc) is 3.21. The summed E-state index contributed by atoms with van der Waals surface area (Å²) in [5, 5.41) is 2.90. The molecule has 1 heterocycles. The van der Waals surface area contributed by atoms with Gasteiger partial charge in [0.05, 0.1) is 32.9 Å². The maximum Gasteiger partial charge on any atom is 0.338 e. The van der Waals surface area contributed by atoms with Crippen LogP contribution in [0.4, 0.5) is 5.69 Å². The number of hydrogen-bond donors (Lipinski definition) is 1. The standard InChI is InChI=1S/C23H28N2O5/c1-4-30-23(27)16-7-9-17(10-8-16)24-22(26)15-25-13-5-6-20(25)19-12-11-18(28-2)14-21(19)29-3/h7-12,14,20H,4-6,13,15H2,1-3H3,(H,24,26)/t20-/m1/s1. The van der Waals surface area contributed by atoms with Crippen LogP contribution in [0.5, 0.6) is 11.5 Å². The number of amides is 1. The molecule has 1 fully saturated rings. The number of likely N-dealkylation sites (tertiary alicyclic amines) is 1. The second kappa shape index (κ2) is 10.1. The molecule has 1 aliphatic heterocycles. The Kier molecular flexibility index (Phi) is 7.30. The van der Waals surface area contributed by atoms with E-state index < -0.39 is 0 Å². The third kappa shape index (κ3) is 5.10. The van der Waals surface area contributed by atoms with Crippen LogP contribution < -0.4 is 14.8 Å². The van der Waals surface area contributed by atoms with Crippen molar-refractivity contribution < 1.29 is 23.8 Å². The van der Waals surface area contributed by atoms with Gasteiger partial charge in [0.15, 0.2) is 0 Å². The van der Waals surface area contributed by atoms with Gasteiger partial charge < -0.3 is 19.5 Å². The zero-order chi connectivity index (χ0) is 21.5. The SMILES string of the molecule is CCOC(=O)c1ccc(NC(=O)CN2CCC[C@@H]2c2ccc(OC)cc2OC)cc1. The van der Waals surface area contributed by atoms with Crippen molar-refractivity contribution in [2.24, 2.45) is 0 Å². The second-order valence-corrected chi connectivity index (χ2v) is 7.08. The molecule has 160 valence electrons. The highest BCUT2D eigenvalue weighted by atomic mass is 16.5.